The lowest BCUT2D eigenvalue weighted by molar-refractivity contribution is -0.135. The number of carboxylic acid groups (broad SMARTS) is 1. The summed E-state index contributed by atoms with van der Waals surface area (Å²) >= 11 is 0. The number of hydrogen-bond donors (Lipinski definition) is 1. The molecule has 1 N–H and O–H groups in total. The van der Waals surface area contributed by atoms with Crippen molar-refractivity contribution in [3.05, 3.63) is 12.0 Å². The molecule has 1 heterocycles. The van der Waals surface area contributed by atoms with Crippen molar-refractivity contribution >= 4 is 18.0 Å². The minimum atomic E-state index is -0.990. The molecule has 0 amide bonds. The minimum absolute atomic E-state index is 0.0375. The van der Waals surface area contributed by atoms with E-state index in [1.54, 1.807) is 6.92 Å². The second-order valence-electron chi connectivity index (χ2n) is 4.01. The number of carboxylic acids is 1. The van der Waals surface area contributed by atoms with Crippen LogP contribution in [0.15, 0.2) is 10.7 Å². The number of rotatable bonds is 7. The van der Waals surface area contributed by atoms with E-state index >= 15 is 0 Å². The Labute approximate surface area is 111 Å². The average molecular weight is 270 g/mol. The van der Waals surface area contributed by atoms with E-state index in [0.717, 1.165) is 6.42 Å². The van der Waals surface area contributed by atoms with Crippen LogP contribution in [-0.2, 0) is 9.53 Å². The fourth-order valence-electron chi connectivity index (χ4n) is 1.47. The van der Waals surface area contributed by atoms with E-state index in [0.29, 0.717) is 0 Å². The van der Waals surface area contributed by atoms with Gasteiger partial charge in [0.15, 0.2) is 5.69 Å². The van der Waals surface area contributed by atoms with E-state index < -0.39 is 11.9 Å². The summed E-state index contributed by atoms with van der Waals surface area (Å²) in [4.78, 5) is 27.8. The fraction of sp³-hybridized carbons (Fsp3) is 0.583. The van der Waals surface area contributed by atoms with Gasteiger partial charge in [-0.1, -0.05) is 6.92 Å². The Morgan fingerprint density at radius 3 is 2.74 bits per heavy atom. The summed E-state index contributed by atoms with van der Waals surface area (Å²) < 4.78 is 9.96. The standard InChI is InChI=1S/C12H18N2O5/c1-4-8(3)14(6-10(15)16)12-13-9(7-19-12)11(17)18-5-2/h7-8H,4-6H2,1-3H3,(H,15,16). The number of esters is 1. The summed E-state index contributed by atoms with van der Waals surface area (Å²) in [5.41, 5.74) is 0.0375. The molecular formula is C12H18N2O5. The topological polar surface area (TPSA) is 92.9 Å². The van der Waals surface area contributed by atoms with Crippen LogP contribution in [0.5, 0.6) is 0 Å². The van der Waals surface area contributed by atoms with Crippen LogP contribution < -0.4 is 4.90 Å². The lowest BCUT2D eigenvalue weighted by Crippen LogP contribution is -2.37. The van der Waals surface area contributed by atoms with Crippen LogP contribution in [0.1, 0.15) is 37.7 Å². The van der Waals surface area contributed by atoms with Crippen molar-refractivity contribution in [3.63, 3.8) is 0 Å². The Morgan fingerprint density at radius 1 is 1.53 bits per heavy atom. The number of carbonyl (C=O) groups is 2. The van der Waals surface area contributed by atoms with Crippen molar-refractivity contribution in [2.24, 2.45) is 0 Å². The zero-order valence-corrected chi connectivity index (χ0v) is 11.3. The quantitative estimate of drug-likeness (QED) is 0.751. The predicted octanol–water partition coefficient (Wildman–Crippen LogP) is 1.54. The first-order valence-electron chi connectivity index (χ1n) is 6.10. The summed E-state index contributed by atoms with van der Waals surface area (Å²) in [6.07, 6.45) is 1.90. The van der Waals surface area contributed by atoms with Crippen molar-refractivity contribution in [3.8, 4) is 0 Å². The second kappa shape index (κ2) is 6.77. The molecule has 0 saturated carbocycles. The molecule has 19 heavy (non-hydrogen) atoms. The molecule has 1 aromatic heterocycles. The number of aromatic nitrogens is 1. The Hall–Kier alpha value is -2.05. The molecular weight excluding hydrogens is 252 g/mol. The molecule has 0 aliphatic rings. The number of carbonyl (C=O) groups excluding carboxylic acids is 1. The van der Waals surface area contributed by atoms with Gasteiger partial charge in [-0.05, 0) is 20.3 Å². The molecule has 7 nitrogen and oxygen atoms in total. The fourth-order valence-corrected chi connectivity index (χ4v) is 1.47. The number of hydrogen-bond acceptors (Lipinski definition) is 6. The van der Waals surface area contributed by atoms with Gasteiger partial charge in [-0.3, -0.25) is 4.79 Å². The molecule has 0 aliphatic heterocycles. The lowest BCUT2D eigenvalue weighted by Gasteiger charge is -2.24. The normalized spacial score (nSPS) is 11.9. The van der Waals surface area contributed by atoms with Crippen LogP contribution in [-0.4, -0.2) is 41.2 Å². The predicted molar refractivity (Wildman–Crippen MR) is 67.2 cm³/mol. The van der Waals surface area contributed by atoms with Gasteiger partial charge in [0.2, 0.25) is 0 Å². The Kier molecular flexibility index (Phi) is 5.35. The van der Waals surface area contributed by atoms with E-state index in [-0.39, 0.29) is 30.9 Å². The van der Waals surface area contributed by atoms with Crippen LogP contribution in [0, 0.1) is 0 Å². The molecule has 7 heteroatoms. The van der Waals surface area contributed by atoms with Crippen LogP contribution in [0.4, 0.5) is 6.01 Å². The summed E-state index contributed by atoms with van der Waals surface area (Å²) in [5, 5.41) is 8.89. The highest BCUT2D eigenvalue weighted by molar-refractivity contribution is 5.87. The third-order valence-electron chi connectivity index (χ3n) is 2.65. The van der Waals surface area contributed by atoms with Crippen molar-refractivity contribution in [1.29, 1.82) is 0 Å². The molecule has 0 radical (unpaired) electrons. The van der Waals surface area contributed by atoms with Crippen molar-refractivity contribution in [1.82, 2.24) is 4.98 Å². The van der Waals surface area contributed by atoms with Crippen LogP contribution in [0.2, 0.25) is 0 Å². The summed E-state index contributed by atoms with van der Waals surface area (Å²) in [5.74, 6) is -1.58. The number of ether oxygens (including phenoxy) is 1. The summed E-state index contributed by atoms with van der Waals surface area (Å²) in [7, 11) is 0. The van der Waals surface area contributed by atoms with E-state index in [1.807, 2.05) is 13.8 Å². The second-order valence-corrected chi connectivity index (χ2v) is 4.01. The maximum atomic E-state index is 11.5. The smallest absolute Gasteiger partial charge is 0.360 e. The van der Waals surface area contributed by atoms with E-state index in [1.165, 1.54) is 11.2 Å². The first-order valence-corrected chi connectivity index (χ1v) is 6.10. The highest BCUT2D eigenvalue weighted by atomic mass is 16.5. The van der Waals surface area contributed by atoms with Crippen LogP contribution in [0.3, 0.4) is 0 Å². The summed E-state index contributed by atoms with van der Waals surface area (Å²) in [6, 6.07) is 0.0459. The molecule has 0 fully saturated rings. The van der Waals surface area contributed by atoms with Crippen molar-refractivity contribution in [2.45, 2.75) is 33.2 Å². The summed E-state index contributed by atoms with van der Waals surface area (Å²) in [6.45, 7) is 5.48. The van der Waals surface area contributed by atoms with Gasteiger partial charge < -0.3 is 19.2 Å². The monoisotopic (exact) mass is 270 g/mol. The lowest BCUT2D eigenvalue weighted by atomic mass is 10.2. The van der Waals surface area contributed by atoms with Gasteiger partial charge in [-0.15, -0.1) is 0 Å². The SMILES string of the molecule is CCOC(=O)c1coc(N(CC(=O)O)C(C)CC)n1. The maximum Gasteiger partial charge on any atom is 0.360 e. The molecule has 106 valence electrons. The molecule has 1 atom stereocenters. The number of oxazole rings is 1. The van der Waals surface area contributed by atoms with Crippen molar-refractivity contribution < 1.29 is 23.8 Å². The first kappa shape index (κ1) is 15.0. The third kappa shape index (κ3) is 3.97. The molecule has 1 aromatic rings. The zero-order chi connectivity index (χ0) is 14.4. The van der Waals surface area contributed by atoms with Gasteiger partial charge >= 0.3 is 11.9 Å². The Balaban J connectivity index is 2.91. The number of anilines is 1. The molecule has 1 unspecified atom stereocenters. The van der Waals surface area contributed by atoms with Gasteiger partial charge in [0.05, 0.1) is 6.61 Å². The van der Waals surface area contributed by atoms with Gasteiger partial charge in [0, 0.05) is 6.04 Å². The minimum Gasteiger partial charge on any atom is -0.480 e. The Bertz CT molecular complexity index is 443. The van der Waals surface area contributed by atoms with Gasteiger partial charge in [0.1, 0.15) is 12.8 Å². The largest absolute Gasteiger partial charge is 0.480 e. The maximum absolute atomic E-state index is 11.5. The molecule has 0 saturated heterocycles. The zero-order valence-electron chi connectivity index (χ0n) is 11.3. The molecule has 0 spiro atoms. The molecule has 0 bridgehead atoms. The van der Waals surface area contributed by atoms with Crippen molar-refractivity contribution in [2.75, 3.05) is 18.1 Å². The van der Waals surface area contributed by atoms with Crippen LogP contribution in [0.25, 0.3) is 0 Å². The molecule has 0 aliphatic carbocycles. The molecule has 0 aromatic carbocycles. The van der Waals surface area contributed by atoms with E-state index in [2.05, 4.69) is 4.98 Å². The average Bonchev–Trinajstić information content (AvgIpc) is 2.84. The number of aliphatic carboxylic acids is 1. The van der Waals surface area contributed by atoms with E-state index in [9.17, 15) is 9.59 Å². The van der Waals surface area contributed by atoms with Gasteiger partial charge in [-0.2, -0.15) is 4.98 Å². The number of nitrogens with zero attached hydrogens (tertiary/aromatic N) is 2. The van der Waals surface area contributed by atoms with Gasteiger partial charge in [0.25, 0.3) is 6.01 Å². The van der Waals surface area contributed by atoms with E-state index in [4.69, 9.17) is 14.3 Å². The third-order valence-corrected chi connectivity index (χ3v) is 2.65. The highest BCUT2D eigenvalue weighted by Gasteiger charge is 2.23. The first-order chi connectivity index (χ1) is 8.99. The highest BCUT2D eigenvalue weighted by Crippen LogP contribution is 2.18. The molecule has 1 rings (SSSR count). The van der Waals surface area contributed by atoms with Gasteiger partial charge in [-0.25, -0.2) is 4.79 Å². The Morgan fingerprint density at radius 2 is 2.21 bits per heavy atom. The van der Waals surface area contributed by atoms with Crippen LogP contribution >= 0.6 is 0 Å².